The van der Waals surface area contributed by atoms with Crippen LogP contribution in [0.1, 0.15) is 12.3 Å². The maximum absolute atomic E-state index is 12.1. The van der Waals surface area contributed by atoms with Crippen molar-refractivity contribution in [1.29, 1.82) is 0 Å². The molecule has 0 saturated heterocycles. The van der Waals surface area contributed by atoms with E-state index >= 15 is 0 Å². The summed E-state index contributed by atoms with van der Waals surface area (Å²) >= 11 is 0. The van der Waals surface area contributed by atoms with E-state index in [9.17, 15) is 19.7 Å². The number of fused-ring (bicyclic) bond motifs is 1. The first kappa shape index (κ1) is 19.9. The molecule has 0 fully saturated rings. The van der Waals surface area contributed by atoms with Crippen molar-refractivity contribution in [1.82, 2.24) is 19.7 Å². The fourth-order valence-electron chi connectivity index (χ4n) is 2.87. The van der Waals surface area contributed by atoms with E-state index in [1.807, 2.05) is 6.07 Å². The third kappa shape index (κ3) is 4.47. The van der Waals surface area contributed by atoms with E-state index in [4.69, 9.17) is 13.7 Å². The number of hydrogen-bond acceptors (Lipinski definition) is 10. The first-order valence-corrected chi connectivity index (χ1v) is 9.17. The molecule has 0 aliphatic carbocycles. The van der Waals surface area contributed by atoms with E-state index in [0.29, 0.717) is 24.6 Å². The van der Waals surface area contributed by atoms with Gasteiger partial charge in [-0.2, -0.15) is 4.98 Å². The van der Waals surface area contributed by atoms with Crippen molar-refractivity contribution >= 4 is 22.8 Å². The van der Waals surface area contributed by atoms with Gasteiger partial charge in [0.15, 0.2) is 5.58 Å². The largest absolute Gasteiger partial charge is 0.464 e. The Hall–Kier alpha value is -4.35. The molecule has 0 atom stereocenters. The molecule has 0 amide bonds. The van der Waals surface area contributed by atoms with Crippen molar-refractivity contribution in [2.75, 3.05) is 6.61 Å². The lowest BCUT2D eigenvalue weighted by molar-refractivity contribution is -0.384. The number of benzene rings is 1. The highest BCUT2D eigenvalue weighted by molar-refractivity contribution is 5.78. The fraction of sp³-hybridized carbons (Fsp3) is 0.211. The van der Waals surface area contributed by atoms with Crippen LogP contribution in [0.4, 0.5) is 5.69 Å². The Balaban J connectivity index is 1.30. The number of hydrogen-bond donors (Lipinski definition) is 0. The van der Waals surface area contributed by atoms with Gasteiger partial charge in [0, 0.05) is 30.4 Å². The van der Waals surface area contributed by atoms with Gasteiger partial charge in [-0.3, -0.25) is 24.5 Å². The Morgan fingerprint density at radius 1 is 1.29 bits per heavy atom. The molecule has 3 aromatic heterocycles. The average Bonchev–Trinajstić information content (AvgIpc) is 3.36. The summed E-state index contributed by atoms with van der Waals surface area (Å²) in [7, 11) is 0. The molecule has 158 valence electrons. The standard InChI is InChI=1S/C19H15N5O7/c25-17(11-23-14-6-5-13(24(27)28)9-15(14)30-19(23)26)29-8-2-4-16-21-18(22-31-16)12-3-1-7-20-10-12/h1,3,5-7,9-10H,2,4,8,11H2. The van der Waals surface area contributed by atoms with Gasteiger partial charge in [-0.1, -0.05) is 5.16 Å². The molecule has 12 heteroatoms. The third-order valence-electron chi connectivity index (χ3n) is 4.34. The van der Waals surface area contributed by atoms with Crippen LogP contribution in [-0.2, 0) is 22.5 Å². The number of carbonyl (C=O) groups excluding carboxylic acids is 1. The van der Waals surface area contributed by atoms with Crippen molar-refractivity contribution in [3.8, 4) is 11.4 Å². The zero-order valence-corrected chi connectivity index (χ0v) is 16.0. The van der Waals surface area contributed by atoms with Crippen molar-refractivity contribution in [3.05, 3.63) is 69.3 Å². The van der Waals surface area contributed by atoms with Gasteiger partial charge in [0.2, 0.25) is 11.7 Å². The molecule has 0 radical (unpaired) electrons. The first-order valence-electron chi connectivity index (χ1n) is 9.17. The summed E-state index contributed by atoms with van der Waals surface area (Å²) < 4.78 is 16.3. The molecule has 0 aliphatic heterocycles. The lowest BCUT2D eigenvalue weighted by Crippen LogP contribution is -2.22. The maximum atomic E-state index is 12.1. The topological polar surface area (TPSA) is 156 Å². The Morgan fingerprint density at radius 3 is 2.94 bits per heavy atom. The molecule has 0 spiro atoms. The number of nitro groups is 1. The van der Waals surface area contributed by atoms with Gasteiger partial charge in [0.25, 0.3) is 5.69 Å². The Bertz CT molecular complexity index is 1290. The zero-order valence-electron chi connectivity index (χ0n) is 16.0. The second-order valence-corrected chi connectivity index (χ2v) is 6.44. The van der Waals surface area contributed by atoms with Crippen molar-refractivity contribution in [2.45, 2.75) is 19.4 Å². The minimum Gasteiger partial charge on any atom is -0.464 e. The van der Waals surface area contributed by atoms with Crippen molar-refractivity contribution < 1.29 is 23.4 Å². The molecule has 0 unspecified atom stereocenters. The van der Waals surface area contributed by atoms with Gasteiger partial charge in [-0.15, -0.1) is 0 Å². The number of esters is 1. The summed E-state index contributed by atoms with van der Waals surface area (Å²) in [5.41, 5.74) is 0.796. The molecule has 31 heavy (non-hydrogen) atoms. The van der Waals surface area contributed by atoms with Gasteiger partial charge in [-0.05, 0) is 24.6 Å². The number of oxazole rings is 1. The Kier molecular flexibility index (Phi) is 5.51. The third-order valence-corrected chi connectivity index (χ3v) is 4.34. The summed E-state index contributed by atoms with van der Waals surface area (Å²) in [6, 6.07) is 7.27. The van der Waals surface area contributed by atoms with Crippen LogP contribution in [0.2, 0.25) is 0 Å². The molecule has 3 heterocycles. The SMILES string of the molecule is O=C(Cn1c(=O)oc2cc([N+](=O)[O-])ccc21)OCCCc1nc(-c2cccnc2)no1. The molecule has 0 N–H and O–H groups in total. The van der Waals surface area contributed by atoms with Gasteiger partial charge in [-0.25, -0.2) is 4.79 Å². The summed E-state index contributed by atoms with van der Waals surface area (Å²) in [4.78, 5) is 42.5. The maximum Gasteiger partial charge on any atom is 0.420 e. The van der Waals surface area contributed by atoms with Crippen LogP contribution in [0.5, 0.6) is 0 Å². The number of nitrogens with zero attached hydrogens (tertiary/aromatic N) is 5. The summed E-state index contributed by atoms with van der Waals surface area (Å²) in [5.74, 6) is -0.633. The van der Waals surface area contributed by atoms with Crippen LogP contribution in [0.15, 0.2) is 56.5 Å². The van der Waals surface area contributed by atoms with Gasteiger partial charge in [0.05, 0.1) is 23.1 Å². The number of pyridine rings is 1. The number of ether oxygens (including phenoxy) is 1. The number of non-ortho nitro benzene ring substituents is 1. The van der Waals surface area contributed by atoms with Crippen LogP contribution in [0.3, 0.4) is 0 Å². The van der Waals surface area contributed by atoms with E-state index in [1.54, 1.807) is 18.5 Å². The minimum atomic E-state index is -0.804. The Morgan fingerprint density at radius 2 is 2.16 bits per heavy atom. The molecule has 0 aliphatic rings. The summed E-state index contributed by atoms with van der Waals surface area (Å²) in [5, 5.41) is 14.7. The molecule has 4 rings (SSSR count). The van der Waals surface area contributed by atoms with E-state index in [2.05, 4.69) is 15.1 Å². The van der Waals surface area contributed by atoms with Gasteiger partial charge >= 0.3 is 11.7 Å². The van der Waals surface area contributed by atoms with Gasteiger partial charge < -0.3 is 13.7 Å². The number of rotatable bonds is 8. The summed E-state index contributed by atoms with van der Waals surface area (Å²) in [6.07, 6.45) is 4.10. The predicted molar refractivity (Wildman–Crippen MR) is 104 cm³/mol. The number of nitro benzene ring substituents is 1. The van der Waals surface area contributed by atoms with E-state index < -0.39 is 16.6 Å². The fourth-order valence-corrected chi connectivity index (χ4v) is 2.87. The monoisotopic (exact) mass is 425 g/mol. The lowest BCUT2D eigenvalue weighted by Gasteiger charge is -2.04. The second-order valence-electron chi connectivity index (χ2n) is 6.44. The lowest BCUT2D eigenvalue weighted by atomic mass is 10.3. The van der Waals surface area contributed by atoms with E-state index in [1.165, 1.54) is 12.1 Å². The zero-order chi connectivity index (χ0) is 21.8. The van der Waals surface area contributed by atoms with Crippen molar-refractivity contribution in [2.24, 2.45) is 0 Å². The van der Waals surface area contributed by atoms with E-state index in [0.717, 1.165) is 16.2 Å². The molecule has 12 nitrogen and oxygen atoms in total. The van der Waals surface area contributed by atoms with Gasteiger partial charge in [0.1, 0.15) is 6.54 Å². The second kappa shape index (κ2) is 8.57. The van der Waals surface area contributed by atoms with Crippen LogP contribution >= 0.6 is 0 Å². The minimum absolute atomic E-state index is 0.0211. The number of carbonyl (C=O) groups is 1. The molecule has 1 aromatic carbocycles. The average molecular weight is 425 g/mol. The first-order chi connectivity index (χ1) is 15.0. The van der Waals surface area contributed by atoms with Crippen LogP contribution in [0.25, 0.3) is 22.5 Å². The Labute approximate surface area is 173 Å². The molecule has 0 bridgehead atoms. The molecular weight excluding hydrogens is 410 g/mol. The summed E-state index contributed by atoms with van der Waals surface area (Å²) in [6.45, 7) is -0.297. The highest BCUT2D eigenvalue weighted by Gasteiger charge is 2.17. The van der Waals surface area contributed by atoms with Crippen LogP contribution < -0.4 is 5.76 Å². The van der Waals surface area contributed by atoms with E-state index in [-0.39, 0.29) is 29.9 Å². The number of aryl methyl sites for hydroxylation is 1. The molecule has 4 aromatic rings. The smallest absolute Gasteiger partial charge is 0.420 e. The van der Waals surface area contributed by atoms with Crippen LogP contribution in [-0.4, -0.2) is 37.2 Å². The number of aromatic nitrogens is 4. The predicted octanol–water partition coefficient (Wildman–Crippen LogP) is 2.12. The quantitative estimate of drug-likeness (QED) is 0.177. The van der Waals surface area contributed by atoms with Crippen molar-refractivity contribution in [3.63, 3.8) is 0 Å². The molecule has 0 saturated carbocycles. The molecular formula is C19H15N5O7. The van der Waals surface area contributed by atoms with Crippen LogP contribution in [0, 0.1) is 10.1 Å². The highest BCUT2D eigenvalue weighted by atomic mass is 16.6. The normalized spacial score (nSPS) is 11.0. The highest BCUT2D eigenvalue weighted by Crippen LogP contribution is 2.20.